The van der Waals surface area contributed by atoms with Crippen LogP contribution in [0.25, 0.3) is 28.1 Å². The number of hydrogen-bond donors (Lipinski definition) is 1. The maximum absolute atomic E-state index is 12.0. The second-order valence-corrected chi connectivity index (χ2v) is 7.31. The quantitative estimate of drug-likeness (QED) is 0.447. The lowest BCUT2D eigenvalue weighted by molar-refractivity contribution is 0.101. The van der Waals surface area contributed by atoms with Gasteiger partial charge in [0.25, 0.3) is 0 Å². The van der Waals surface area contributed by atoms with E-state index in [2.05, 4.69) is 31.0 Å². The summed E-state index contributed by atoms with van der Waals surface area (Å²) >= 11 is 9.62. The molecule has 1 N–H and O–H groups in total. The Morgan fingerprint density at radius 2 is 2.08 bits per heavy atom. The van der Waals surface area contributed by atoms with Gasteiger partial charge in [-0.05, 0) is 59.6 Å². The van der Waals surface area contributed by atoms with Crippen LogP contribution in [0, 0.1) is 6.92 Å². The first-order valence-corrected chi connectivity index (χ1v) is 9.12. The zero-order valence-electron chi connectivity index (χ0n) is 14.0. The largest absolute Gasteiger partial charge is 0.353 e. The minimum atomic E-state index is -0.0406. The molecule has 130 valence electrons. The third kappa shape index (κ3) is 2.85. The number of aromatic nitrogens is 4. The van der Waals surface area contributed by atoms with Gasteiger partial charge in [-0.1, -0.05) is 17.7 Å². The second kappa shape index (κ2) is 6.37. The lowest BCUT2D eigenvalue weighted by atomic mass is 10.1. The van der Waals surface area contributed by atoms with Crippen molar-refractivity contribution in [1.29, 1.82) is 0 Å². The van der Waals surface area contributed by atoms with E-state index in [1.165, 1.54) is 6.92 Å². The molecule has 0 aliphatic rings. The zero-order chi connectivity index (χ0) is 18.4. The topological polar surface area (TPSA) is 63.6 Å². The van der Waals surface area contributed by atoms with E-state index in [1.54, 1.807) is 16.9 Å². The SMILES string of the molecule is CC(=O)c1cc(Cl)cc2cc(-c3cc(Br)nn3-c3ncccc3C)[nH]c12. The number of nitrogens with zero attached hydrogens (tertiary/aromatic N) is 3. The number of fused-ring (bicyclic) bond motifs is 1. The molecule has 3 heterocycles. The molecule has 0 amide bonds. The number of H-pyrrole nitrogens is 1. The third-order valence-electron chi connectivity index (χ3n) is 4.21. The predicted octanol–water partition coefficient (Wildman–Crippen LogP) is 5.34. The Hall–Kier alpha value is -2.44. The van der Waals surface area contributed by atoms with Gasteiger partial charge in [-0.25, -0.2) is 9.67 Å². The Morgan fingerprint density at radius 1 is 1.27 bits per heavy atom. The highest BCUT2D eigenvalue weighted by atomic mass is 79.9. The number of aryl methyl sites for hydroxylation is 1. The fourth-order valence-corrected chi connectivity index (χ4v) is 3.63. The molecule has 0 atom stereocenters. The van der Waals surface area contributed by atoms with Gasteiger partial charge in [0.15, 0.2) is 11.6 Å². The molecule has 0 aliphatic carbocycles. The number of rotatable bonds is 3. The molecule has 0 saturated carbocycles. The molecule has 0 fully saturated rings. The van der Waals surface area contributed by atoms with Gasteiger partial charge in [0.2, 0.25) is 0 Å². The Balaban J connectivity index is 1.96. The lowest BCUT2D eigenvalue weighted by Crippen LogP contribution is -2.04. The van der Waals surface area contributed by atoms with Gasteiger partial charge < -0.3 is 4.98 Å². The molecule has 0 radical (unpaired) electrons. The summed E-state index contributed by atoms with van der Waals surface area (Å²) in [7, 11) is 0. The molecule has 0 bridgehead atoms. The smallest absolute Gasteiger partial charge is 0.161 e. The number of aromatic amines is 1. The van der Waals surface area contributed by atoms with E-state index in [0.29, 0.717) is 15.2 Å². The van der Waals surface area contributed by atoms with Crippen LogP contribution in [0.3, 0.4) is 0 Å². The summed E-state index contributed by atoms with van der Waals surface area (Å²) < 4.78 is 2.47. The number of pyridine rings is 1. The van der Waals surface area contributed by atoms with E-state index in [0.717, 1.165) is 33.7 Å². The van der Waals surface area contributed by atoms with Crippen LogP contribution >= 0.6 is 27.5 Å². The Kier molecular flexibility index (Phi) is 4.17. The molecule has 1 aromatic carbocycles. The maximum Gasteiger partial charge on any atom is 0.161 e. The van der Waals surface area contributed by atoms with Crippen molar-refractivity contribution in [3.8, 4) is 17.2 Å². The highest BCUT2D eigenvalue weighted by Crippen LogP contribution is 2.32. The van der Waals surface area contributed by atoms with E-state index < -0.39 is 0 Å². The summed E-state index contributed by atoms with van der Waals surface area (Å²) in [6.07, 6.45) is 1.74. The number of benzene rings is 1. The first-order chi connectivity index (χ1) is 12.4. The van der Waals surface area contributed by atoms with Gasteiger partial charge in [0.1, 0.15) is 4.60 Å². The van der Waals surface area contributed by atoms with Gasteiger partial charge >= 0.3 is 0 Å². The van der Waals surface area contributed by atoms with Gasteiger partial charge in [0, 0.05) is 28.2 Å². The highest BCUT2D eigenvalue weighted by Gasteiger charge is 2.17. The minimum Gasteiger partial charge on any atom is -0.353 e. The van der Waals surface area contributed by atoms with Crippen molar-refractivity contribution < 1.29 is 4.79 Å². The fraction of sp³-hybridized carbons (Fsp3) is 0.105. The summed E-state index contributed by atoms with van der Waals surface area (Å²) in [4.78, 5) is 19.8. The van der Waals surface area contributed by atoms with Gasteiger partial charge in [-0.2, -0.15) is 5.10 Å². The molecule has 4 rings (SSSR count). The monoisotopic (exact) mass is 428 g/mol. The lowest BCUT2D eigenvalue weighted by Gasteiger charge is -2.07. The van der Waals surface area contributed by atoms with Gasteiger partial charge in [0.05, 0.1) is 16.9 Å². The van der Waals surface area contributed by atoms with Crippen LogP contribution in [-0.4, -0.2) is 25.5 Å². The van der Waals surface area contributed by atoms with Crippen molar-refractivity contribution >= 4 is 44.2 Å². The Labute approximate surface area is 163 Å². The predicted molar refractivity (Wildman–Crippen MR) is 106 cm³/mol. The molecule has 7 heteroatoms. The number of nitrogens with one attached hydrogen (secondary N) is 1. The summed E-state index contributed by atoms with van der Waals surface area (Å²) in [5.74, 6) is 0.706. The van der Waals surface area contributed by atoms with Gasteiger partial charge in [-0.3, -0.25) is 4.79 Å². The standard InChI is InChI=1S/C19H14BrClN4O/c1-10-4-3-5-22-19(10)25-16(9-17(20)24-25)15-7-12-6-13(21)8-14(11(2)26)18(12)23-15/h3-9,23H,1-2H3. The van der Waals surface area contributed by atoms with Gasteiger partial charge in [-0.15, -0.1) is 0 Å². The van der Waals surface area contributed by atoms with Crippen molar-refractivity contribution in [3.05, 3.63) is 63.3 Å². The molecule has 5 nitrogen and oxygen atoms in total. The molecule has 0 saturated heterocycles. The van der Waals surface area contributed by atoms with Crippen LogP contribution in [-0.2, 0) is 0 Å². The summed E-state index contributed by atoms with van der Waals surface area (Å²) in [6, 6.07) is 11.3. The van der Waals surface area contributed by atoms with E-state index in [1.807, 2.05) is 37.3 Å². The number of hydrogen-bond acceptors (Lipinski definition) is 3. The summed E-state index contributed by atoms with van der Waals surface area (Å²) in [5.41, 5.74) is 4.00. The highest BCUT2D eigenvalue weighted by molar-refractivity contribution is 9.10. The molecule has 0 aliphatic heterocycles. The molecular formula is C19H14BrClN4O. The Morgan fingerprint density at radius 3 is 2.81 bits per heavy atom. The fourth-order valence-electron chi connectivity index (χ4n) is 3.03. The van der Waals surface area contributed by atoms with Crippen molar-refractivity contribution in [1.82, 2.24) is 19.7 Å². The molecule has 4 aromatic rings. The summed E-state index contributed by atoms with van der Waals surface area (Å²) in [5, 5.41) is 5.93. The average Bonchev–Trinajstić information content (AvgIpc) is 3.17. The molecule has 0 spiro atoms. The first kappa shape index (κ1) is 17.0. The third-order valence-corrected chi connectivity index (χ3v) is 4.82. The maximum atomic E-state index is 12.0. The van der Waals surface area contributed by atoms with Crippen LogP contribution in [0.5, 0.6) is 0 Å². The zero-order valence-corrected chi connectivity index (χ0v) is 16.4. The minimum absolute atomic E-state index is 0.0406. The number of halogens is 2. The normalized spacial score (nSPS) is 11.2. The van der Waals surface area contributed by atoms with Crippen molar-refractivity contribution in [2.45, 2.75) is 13.8 Å². The number of carbonyl (C=O) groups is 1. The summed E-state index contributed by atoms with van der Waals surface area (Å²) in [6.45, 7) is 3.52. The number of carbonyl (C=O) groups excluding carboxylic acids is 1. The molecular weight excluding hydrogens is 416 g/mol. The van der Waals surface area contributed by atoms with Crippen LogP contribution in [0.2, 0.25) is 5.02 Å². The van der Waals surface area contributed by atoms with E-state index in [-0.39, 0.29) is 5.78 Å². The van der Waals surface area contributed by atoms with Crippen LogP contribution < -0.4 is 0 Å². The average molecular weight is 430 g/mol. The van der Waals surface area contributed by atoms with E-state index in [9.17, 15) is 4.79 Å². The van der Waals surface area contributed by atoms with Crippen LogP contribution in [0.1, 0.15) is 22.8 Å². The van der Waals surface area contributed by atoms with Crippen molar-refractivity contribution in [2.24, 2.45) is 0 Å². The second-order valence-electron chi connectivity index (χ2n) is 6.06. The van der Waals surface area contributed by atoms with Crippen molar-refractivity contribution in [3.63, 3.8) is 0 Å². The van der Waals surface area contributed by atoms with Crippen LogP contribution in [0.4, 0.5) is 0 Å². The molecule has 0 unspecified atom stereocenters. The van der Waals surface area contributed by atoms with E-state index >= 15 is 0 Å². The molecule has 26 heavy (non-hydrogen) atoms. The number of ketones is 1. The van der Waals surface area contributed by atoms with E-state index in [4.69, 9.17) is 11.6 Å². The first-order valence-electron chi connectivity index (χ1n) is 7.95. The molecule has 3 aromatic heterocycles. The van der Waals surface area contributed by atoms with Crippen molar-refractivity contribution in [2.75, 3.05) is 0 Å². The van der Waals surface area contributed by atoms with Crippen LogP contribution in [0.15, 0.2) is 47.2 Å². The number of Topliss-reactive ketones (excluding diaryl/α,β-unsaturated/α-hetero) is 1. The Bertz CT molecular complexity index is 1160.